The number of pyridine rings is 1. The molecule has 438 valence electrons. The molecule has 12 atom stereocenters. The first-order valence-corrected chi connectivity index (χ1v) is 26.1. The Labute approximate surface area is 461 Å². The molecule has 0 saturated carbocycles. The highest BCUT2D eigenvalue weighted by atomic mass is 19.1. The number of piperazine rings is 1. The molecule has 7 rings (SSSR count). The summed E-state index contributed by atoms with van der Waals surface area (Å²) >= 11 is 0. The number of benzene rings is 3. The molecule has 0 radical (unpaired) electrons. The first-order chi connectivity index (χ1) is 38.5. The van der Waals surface area contributed by atoms with Crippen molar-refractivity contribution in [2.45, 2.75) is 107 Å². The Hall–Kier alpha value is -7.15. The number of amides is 3. The number of carbonyl (C=O) groups excluding carboxylic acids is 6. The van der Waals surface area contributed by atoms with Crippen LogP contribution in [0.1, 0.15) is 44.2 Å². The maximum atomic E-state index is 15.6. The van der Waals surface area contributed by atoms with Gasteiger partial charge in [-0.2, -0.15) is 0 Å². The van der Waals surface area contributed by atoms with Gasteiger partial charge < -0.3 is 85.9 Å². The van der Waals surface area contributed by atoms with E-state index in [1.54, 1.807) is 24.3 Å². The van der Waals surface area contributed by atoms with Gasteiger partial charge in [-0.15, -0.1) is 0 Å². The molecule has 0 spiro atoms. The summed E-state index contributed by atoms with van der Waals surface area (Å²) in [5.41, 5.74) is 7.59. The van der Waals surface area contributed by atoms with Gasteiger partial charge in [-0.1, -0.05) is 37.3 Å². The number of halogens is 1. The Balaban J connectivity index is 0.927. The summed E-state index contributed by atoms with van der Waals surface area (Å²) in [6.07, 6.45) is -21.1. The van der Waals surface area contributed by atoms with Crippen LogP contribution >= 0.6 is 0 Å². The van der Waals surface area contributed by atoms with Crippen molar-refractivity contribution in [1.82, 2.24) is 25.2 Å². The lowest BCUT2D eigenvalue weighted by molar-refractivity contribution is -0.326. The molecule has 0 aliphatic carbocycles. The number of anilines is 2. The second-order valence-corrected chi connectivity index (χ2v) is 20.4. The number of rotatable bonds is 25. The largest absolute Gasteiger partial charge is 0.444 e. The molecule has 26 nitrogen and oxygen atoms in total. The predicted molar refractivity (Wildman–Crippen MR) is 285 cm³/mol. The van der Waals surface area contributed by atoms with E-state index in [0.717, 1.165) is 31.9 Å². The van der Waals surface area contributed by atoms with Gasteiger partial charge in [0.2, 0.25) is 11.8 Å². The number of carbonyl (C=O) groups is 6. The molecule has 0 bridgehead atoms. The van der Waals surface area contributed by atoms with Crippen molar-refractivity contribution in [3.8, 4) is 11.4 Å². The molecule has 2 fully saturated rings. The lowest BCUT2D eigenvalue weighted by atomic mass is 9.88. The van der Waals surface area contributed by atoms with E-state index in [9.17, 15) is 74.4 Å². The van der Waals surface area contributed by atoms with Gasteiger partial charge >= 0.3 is 6.09 Å². The number of nitrogens with two attached hydrogens (primary N) is 1. The number of aliphatic hydroxyl groups is 8. The molecule has 2 saturated heterocycles. The van der Waals surface area contributed by atoms with E-state index in [2.05, 4.69) is 42.4 Å². The number of imidazole rings is 1. The van der Waals surface area contributed by atoms with Gasteiger partial charge in [0.05, 0.1) is 46.9 Å². The Bertz CT molecular complexity index is 3130. The van der Waals surface area contributed by atoms with E-state index in [4.69, 9.17) is 19.9 Å². The molecule has 4 heterocycles. The molecule has 14 N–H and O–H groups in total. The van der Waals surface area contributed by atoms with Crippen molar-refractivity contribution in [2.75, 3.05) is 56.7 Å². The number of primary amides is 1. The maximum absolute atomic E-state index is 15.6. The number of nitrogens with zero attached hydrogens (tertiary/aromatic N) is 3. The number of ether oxygens (including phenoxy) is 3. The van der Waals surface area contributed by atoms with Crippen LogP contribution in [0.25, 0.3) is 33.3 Å². The van der Waals surface area contributed by atoms with Crippen LogP contribution in [0.3, 0.4) is 0 Å². The van der Waals surface area contributed by atoms with E-state index in [0.29, 0.717) is 22.2 Å². The Morgan fingerprint density at radius 2 is 1.54 bits per heavy atom. The number of aromatic nitrogens is 3. The number of Topliss-reactive ketones (excluding diaryl/α,β-unsaturated/α-hetero) is 3. The fourth-order valence-electron chi connectivity index (χ4n) is 9.54. The smallest absolute Gasteiger partial charge is 0.412 e. The monoisotopic (exact) mass is 1130 g/mol. The van der Waals surface area contributed by atoms with Crippen molar-refractivity contribution in [3.63, 3.8) is 0 Å². The van der Waals surface area contributed by atoms with Gasteiger partial charge in [0.25, 0.3) is 5.56 Å². The molecule has 3 amide bonds. The van der Waals surface area contributed by atoms with E-state index < -0.39 is 152 Å². The highest BCUT2D eigenvalue weighted by Gasteiger charge is 2.47. The van der Waals surface area contributed by atoms with Gasteiger partial charge in [0, 0.05) is 69.4 Å². The maximum Gasteiger partial charge on any atom is 0.412 e. The standard InChI is InChI=1S/C54H67FN8O18/c1-25(17-37(68)44(71)47(74)49(38(69)22-64)81-53-48(75)46(73)45(72)39(23-65)80-53)51(76)57-26(2)35(66)19-29(20-40(56)70)36(67)18-27-7-9-28(10-8-27)24-79-54(78)61-43-41-31(55)5-4-6-33(41)60-52(77)42(43)50-58-32-12-11-30(21-34(32)59-50)63-15-13-62(3)14-16-63/h4-12,21,25-26,29,38-39,44-49,53,64-65,69,71-75H,13-20,22-24H2,1-3H3,(H2,56,70)(H,57,76)(H,58,59)(H2,60,61,77,78)/t25?,26?,29?,38-,39-,44+,45+,46+,47+,48-,49+,53+/m1/s1. The number of fused-ring (bicyclic) bond motifs is 2. The van der Waals surface area contributed by atoms with Crippen LogP contribution in [0.2, 0.25) is 0 Å². The molecular weight excluding hydrogens is 1070 g/mol. The summed E-state index contributed by atoms with van der Waals surface area (Å²) in [5.74, 6) is -7.33. The lowest BCUT2D eigenvalue weighted by Gasteiger charge is -2.42. The van der Waals surface area contributed by atoms with E-state index in [1.807, 2.05) is 18.2 Å². The van der Waals surface area contributed by atoms with Crippen molar-refractivity contribution in [3.05, 3.63) is 88.0 Å². The summed E-state index contributed by atoms with van der Waals surface area (Å²) in [6, 6.07) is 14.7. The van der Waals surface area contributed by atoms with Crippen molar-refractivity contribution in [2.24, 2.45) is 17.6 Å². The molecule has 81 heavy (non-hydrogen) atoms. The van der Waals surface area contributed by atoms with Crippen LogP contribution < -0.4 is 26.8 Å². The SMILES string of the molecule is CC(CC(=O)[C@H](O)[C@H](O)[C@@H](O[C@@H]1O[C@H](CO)[C@H](O)[C@H](O)[C@H]1O)[C@H](O)CO)C(=O)NC(C)C(=O)CC(CC(N)=O)C(=O)Cc1ccc(COC(=O)Nc2c(-c3nc4ccc(N5CCN(C)CC5)cc4[nH]3)c(=O)[nH]c3cccc(F)c23)cc1. The summed E-state index contributed by atoms with van der Waals surface area (Å²) in [4.78, 5) is 107. The molecule has 3 unspecified atom stereocenters. The second kappa shape index (κ2) is 27.1. The number of hydrogen-bond acceptors (Lipinski definition) is 21. The Morgan fingerprint density at radius 3 is 2.21 bits per heavy atom. The number of aromatic amines is 2. The molecule has 3 aromatic carbocycles. The van der Waals surface area contributed by atoms with E-state index in [1.165, 1.54) is 32.0 Å². The lowest BCUT2D eigenvalue weighted by Crippen LogP contribution is -2.61. The summed E-state index contributed by atoms with van der Waals surface area (Å²) in [6.45, 7) is 3.68. The predicted octanol–water partition coefficient (Wildman–Crippen LogP) is -1.37. The first kappa shape index (κ1) is 61.5. The summed E-state index contributed by atoms with van der Waals surface area (Å²) in [5, 5.41) is 86.4. The zero-order valence-electron chi connectivity index (χ0n) is 44.4. The van der Waals surface area contributed by atoms with Crippen LogP contribution in [0, 0.1) is 17.7 Å². The van der Waals surface area contributed by atoms with E-state index in [-0.39, 0.29) is 41.0 Å². The molecule has 2 aliphatic heterocycles. The van der Waals surface area contributed by atoms with Gasteiger partial charge in [0.15, 0.2) is 17.9 Å². The third kappa shape index (κ3) is 14.9. The number of hydrogen-bond donors (Lipinski definition) is 13. The quantitative estimate of drug-likeness (QED) is 0.0321. The molecule has 5 aromatic rings. The molecule has 2 aliphatic rings. The summed E-state index contributed by atoms with van der Waals surface area (Å²) < 4.78 is 31.6. The highest BCUT2D eigenvalue weighted by molar-refractivity contribution is 6.05. The van der Waals surface area contributed by atoms with Crippen molar-refractivity contribution < 1.29 is 88.2 Å². The number of nitrogens with one attached hydrogen (secondary N) is 4. The van der Waals surface area contributed by atoms with Crippen LogP contribution in [-0.4, -0.2) is 204 Å². The topological polar surface area (TPSA) is 410 Å². The zero-order valence-corrected chi connectivity index (χ0v) is 44.4. The van der Waals surface area contributed by atoms with E-state index >= 15 is 4.39 Å². The van der Waals surface area contributed by atoms with Gasteiger partial charge in [-0.3, -0.25) is 34.1 Å². The minimum atomic E-state index is -2.39. The zero-order chi connectivity index (χ0) is 59.0. The molecule has 2 aromatic heterocycles. The van der Waals surface area contributed by atoms with Gasteiger partial charge in [-0.25, -0.2) is 14.2 Å². The Kier molecular flexibility index (Phi) is 20.5. The molecular formula is C54H67FN8O18. The van der Waals surface area contributed by atoms with Crippen LogP contribution in [0.4, 0.5) is 20.6 Å². The van der Waals surface area contributed by atoms with Gasteiger partial charge in [-0.05, 0) is 55.4 Å². The summed E-state index contributed by atoms with van der Waals surface area (Å²) in [7, 11) is 2.06. The fourth-order valence-corrected chi connectivity index (χ4v) is 9.54. The average molecular weight is 1140 g/mol. The van der Waals surface area contributed by atoms with Crippen LogP contribution in [0.5, 0.6) is 0 Å². The number of ketones is 3. The highest BCUT2D eigenvalue weighted by Crippen LogP contribution is 2.34. The number of likely N-dealkylation sites (N-methyl/N-ethyl adjacent to an activating group) is 1. The first-order valence-electron chi connectivity index (χ1n) is 26.1. The second-order valence-electron chi connectivity index (χ2n) is 20.4. The minimum Gasteiger partial charge on any atom is -0.444 e. The number of aliphatic hydroxyl groups excluding tert-OH is 8. The number of H-pyrrole nitrogens is 2. The minimum absolute atomic E-state index is 0.0775. The molecule has 27 heteroatoms. The third-order valence-corrected chi connectivity index (χ3v) is 14.4. The Morgan fingerprint density at radius 1 is 0.852 bits per heavy atom. The van der Waals surface area contributed by atoms with Crippen LogP contribution in [0.15, 0.2) is 65.5 Å². The average Bonchev–Trinajstić information content (AvgIpc) is 3.97. The van der Waals surface area contributed by atoms with Crippen molar-refractivity contribution in [1.29, 1.82) is 0 Å². The normalized spacial score (nSPS) is 21.3. The van der Waals surface area contributed by atoms with Crippen LogP contribution in [-0.2, 0) is 51.2 Å². The van der Waals surface area contributed by atoms with Crippen molar-refractivity contribution >= 4 is 68.6 Å². The van der Waals surface area contributed by atoms with Gasteiger partial charge in [0.1, 0.15) is 78.4 Å². The fraction of sp³-hybridized carbons (Fsp3) is 0.481. The third-order valence-electron chi connectivity index (χ3n) is 14.4.